The zero-order chi connectivity index (χ0) is 10.3. The standard InChI is InChI=1S/C9H7N3OS2/c13-6-2-1-3-7-8(6)10-9(15-7)5-4-14-12-11-5/h4H,1-3H2. The third kappa shape index (κ3) is 1.49. The third-order valence-electron chi connectivity index (χ3n) is 2.35. The van der Waals surface area contributed by atoms with Gasteiger partial charge >= 0.3 is 0 Å². The van der Waals surface area contributed by atoms with E-state index in [1.165, 1.54) is 11.5 Å². The van der Waals surface area contributed by atoms with Crippen molar-refractivity contribution in [2.24, 2.45) is 0 Å². The van der Waals surface area contributed by atoms with Crippen molar-refractivity contribution in [1.82, 2.24) is 14.6 Å². The number of ketones is 1. The fraction of sp³-hybridized carbons (Fsp3) is 0.333. The van der Waals surface area contributed by atoms with Crippen molar-refractivity contribution in [3.8, 4) is 10.7 Å². The molecular formula is C9H7N3OS2. The van der Waals surface area contributed by atoms with Crippen molar-refractivity contribution in [1.29, 1.82) is 0 Å². The number of rotatable bonds is 1. The number of aryl methyl sites for hydroxylation is 1. The lowest BCUT2D eigenvalue weighted by molar-refractivity contribution is 0.0968. The van der Waals surface area contributed by atoms with E-state index in [9.17, 15) is 4.79 Å². The molecule has 4 nitrogen and oxygen atoms in total. The average Bonchev–Trinajstić information content (AvgIpc) is 2.86. The van der Waals surface area contributed by atoms with Gasteiger partial charge in [0.25, 0.3) is 0 Å². The van der Waals surface area contributed by atoms with Crippen LogP contribution in [0.5, 0.6) is 0 Å². The van der Waals surface area contributed by atoms with Crippen LogP contribution in [0.1, 0.15) is 28.2 Å². The van der Waals surface area contributed by atoms with E-state index in [4.69, 9.17) is 0 Å². The van der Waals surface area contributed by atoms with Crippen LogP contribution in [0.25, 0.3) is 10.7 Å². The Hall–Kier alpha value is -1.14. The highest BCUT2D eigenvalue weighted by Crippen LogP contribution is 2.31. The maximum atomic E-state index is 11.6. The van der Waals surface area contributed by atoms with E-state index in [2.05, 4.69) is 14.6 Å². The van der Waals surface area contributed by atoms with Gasteiger partial charge in [-0.05, 0) is 24.4 Å². The molecule has 0 unspecified atom stereocenters. The van der Waals surface area contributed by atoms with Crippen LogP contribution in [0.2, 0.25) is 0 Å². The van der Waals surface area contributed by atoms with E-state index in [1.54, 1.807) is 11.3 Å². The van der Waals surface area contributed by atoms with Crippen LogP contribution < -0.4 is 0 Å². The Morgan fingerprint density at radius 1 is 1.33 bits per heavy atom. The molecule has 2 aromatic rings. The summed E-state index contributed by atoms with van der Waals surface area (Å²) in [5.74, 6) is 0.168. The van der Waals surface area contributed by atoms with Crippen molar-refractivity contribution in [2.45, 2.75) is 19.3 Å². The molecule has 15 heavy (non-hydrogen) atoms. The first-order valence-corrected chi connectivity index (χ1v) is 6.30. The average molecular weight is 237 g/mol. The summed E-state index contributed by atoms with van der Waals surface area (Å²) >= 11 is 2.87. The molecular weight excluding hydrogens is 230 g/mol. The second-order valence-electron chi connectivity index (χ2n) is 3.36. The monoisotopic (exact) mass is 237 g/mol. The van der Waals surface area contributed by atoms with Gasteiger partial charge in [0.2, 0.25) is 0 Å². The van der Waals surface area contributed by atoms with E-state index in [-0.39, 0.29) is 5.78 Å². The van der Waals surface area contributed by atoms with Crippen LogP contribution in [0.3, 0.4) is 0 Å². The zero-order valence-electron chi connectivity index (χ0n) is 7.77. The first-order chi connectivity index (χ1) is 7.34. The highest BCUT2D eigenvalue weighted by Gasteiger charge is 2.23. The molecule has 0 spiro atoms. The van der Waals surface area contributed by atoms with Crippen molar-refractivity contribution in [2.75, 3.05) is 0 Å². The molecule has 0 atom stereocenters. The normalized spacial score (nSPS) is 15.3. The summed E-state index contributed by atoms with van der Waals surface area (Å²) in [6.45, 7) is 0. The summed E-state index contributed by atoms with van der Waals surface area (Å²) in [4.78, 5) is 17.0. The van der Waals surface area contributed by atoms with Crippen LogP contribution >= 0.6 is 22.9 Å². The van der Waals surface area contributed by atoms with Crippen LogP contribution in [-0.2, 0) is 6.42 Å². The predicted molar refractivity (Wildman–Crippen MR) is 58.3 cm³/mol. The molecule has 0 aliphatic heterocycles. The molecule has 0 aromatic carbocycles. The van der Waals surface area contributed by atoms with Gasteiger partial charge in [-0.2, -0.15) is 0 Å². The van der Waals surface area contributed by atoms with E-state index >= 15 is 0 Å². The minimum absolute atomic E-state index is 0.168. The first kappa shape index (κ1) is 9.11. The van der Waals surface area contributed by atoms with Crippen LogP contribution in [0, 0.1) is 0 Å². The molecule has 0 N–H and O–H groups in total. The number of thiazole rings is 1. The summed E-state index contributed by atoms with van der Waals surface area (Å²) in [5.41, 5.74) is 1.45. The molecule has 3 rings (SSSR count). The number of hydrogen-bond donors (Lipinski definition) is 0. The molecule has 6 heteroatoms. The molecule has 2 heterocycles. The van der Waals surface area contributed by atoms with E-state index < -0.39 is 0 Å². The van der Waals surface area contributed by atoms with Crippen LogP contribution in [-0.4, -0.2) is 20.4 Å². The van der Waals surface area contributed by atoms with Gasteiger partial charge in [-0.15, -0.1) is 16.4 Å². The molecule has 0 saturated carbocycles. The van der Waals surface area contributed by atoms with E-state index in [1.807, 2.05) is 5.38 Å². The van der Waals surface area contributed by atoms with Crippen LogP contribution in [0.15, 0.2) is 5.38 Å². The summed E-state index contributed by atoms with van der Waals surface area (Å²) in [6.07, 6.45) is 2.55. The van der Waals surface area contributed by atoms with E-state index in [0.29, 0.717) is 12.1 Å². The Labute approximate surface area is 94.2 Å². The van der Waals surface area contributed by atoms with Gasteiger partial charge in [-0.3, -0.25) is 4.79 Å². The Morgan fingerprint density at radius 3 is 3.00 bits per heavy atom. The highest BCUT2D eigenvalue weighted by molar-refractivity contribution is 7.15. The number of aromatic nitrogens is 3. The quantitative estimate of drug-likeness (QED) is 0.762. The predicted octanol–water partition coefficient (Wildman–Crippen LogP) is 2.18. The fourth-order valence-electron chi connectivity index (χ4n) is 1.63. The summed E-state index contributed by atoms with van der Waals surface area (Å²) in [5, 5.41) is 6.64. The maximum Gasteiger partial charge on any atom is 0.182 e. The smallest absolute Gasteiger partial charge is 0.182 e. The highest BCUT2D eigenvalue weighted by atomic mass is 32.1. The SMILES string of the molecule is O=C1CCCc2sc(-c3csnn3)nc21. The van der Waals surface area contributed by atoms with Gasteiger partial charge < -0.3 is 0 Å². The minimum atomic E-state index is 0.168. The summed E-state index contributed by atoms with van der Waals surface area (Å²) < 4.78 is 3.80. The second kappa shape index (κ2) is 3.46. The van der Waals surface area contributed by atoms with Gasteiger partial charge in [-0.25, -0.2) is 4.98 Å². The maximum absolute atomic E-state index is 11.6. The van der Waals surface area contributed by atoms with Gasteiger partial charge in [0.15, 0.2) is 5.78 Å². The molecule has 0 fully saturated rings. The largest absolute Gasteiger partial charge is 0.292 e. The lowest BCUT2D eigenvalue weighted by Gasteiger charge is -2.06. The van der Waals surface area contributed by atoms with Gasteiger partial charge in [0, 0.05) is 16.7 Å². The Balaban J connectivity index is 2.09. The summed E-state index contributed by atoms with van der Waals surface area (Å²) in [6, 6.07) is 0. The van der Waals surface area contributed by atoms with Gasteiger partial charge in [-0.1, -0.05) is 4.49 Å². The van der Waals surface area contributed by atoms with E-state index in [0.717, 1.165) is 28.4 Å². The Bertz CT molecular complexity index is 503. The molecule has 0 amide bonds. The number of carbonyl (C=O) groups is 1. The third-order valence-corrected chi connectivity index (χ3v) is 3.99. The topological polar surface area (TPSA) is 55.7 Å². The van der Waals surface area contributed by atoms with Gasteiger partial charge in [0.05, 0.1) is 0 Å². The Morgan fingerprint density at radius 2 is 2.27 bits per heavy atom. The number of carbonyl (C=O) groups excluding carboxylic acids is 1. The molecule has 1 aliphatic carbocycles. The molecule has 2 aromatic heterocycles. The lowest BCUT2D eigenvalue weighted by Crippen LogP contribution is -2.08. The zero-order valence-corrected chi connectivity index (χ0v) is 9.40. The van der Waals surface area contributed by atoms with Gasteiger partial charge in [0.1, 0.15) is 16.4 Å². The molecule has 0 bridgehead atoms. The first-order valence-electron chi connectivity index (χ1n) is 4.65. The number of Topliss-reactive ketones (excluding diaryl/α,β-unsaturated/α-hetero) is 1. The van der Waals surface area contributed by atoms with Crippen molar-refractivity contribution in [3.63, 3.8) is 0 Å². The molecule has 0 radical (unpaired) electrons. The number of fused-ring (bicyclic) bond motifs is 1. The number of hydrogen-bond acceptors (Lipinski definition) is 6. The molecule has 1 aliphatic rings. The fourth-order valence-corrected chi connectivity index (χ4v) is 3.23. The summed E-state index contributed by atoms with van der Waals surface area (Å²) in [7, 11) is 0. The number of nitrogens with zero attached hydrogens (tertiary/aromatic N) is 3. The lowest BCUT2D eigenvalue weighted by atomic mass is 10.0. The van der Waals surface area contributed by atoms with Crippen LogP contribution in [0.4, 0.5) is 0 Å². The Kier molecular flexibility index (Phi) is 2.10. The second-order valence-corrected chi connectivity index (χ2v) is 5.05. The van der Waals surface area contributed by atoms with Crippen molar-refractivity contribution < 1.29 is 4.79 Å². The minimum Gasteiger partial charge on any atom is -0.292 e. The molecule has 0 saturated heterocycles. The molecule has 76 valence electrons. The van der Waals surface area contributed by atoms with Crippen molar-refractivity contribution in [3.05, 3.63) is 16.0 Å². The van der Waals surface area contributed by atoms with Crippen molar-refractivity contribution >= 4 is 28.7 Å².